The van der Waals surface area contributed by atoms with E-state index in [-0.39, 0.29) is 11.9 Å². The molecule has 0 saturated heterocycles. The summed E-state index contributed by atoms with van der Waals surface area (Å²) in [5.41, 5.74) is 6.55. The van der Waals surface area contributed by atoms with Crippen LogP contribution >= 0.6 is 11.3 Å². The summed E-state index contributed by atoms with van der Waals surface area (Å²) in [6, 6.07) is 1.60. The highest BCUT2D eigenvalue weighted by molar-refractivity contribution is 7.07. The predicted molar refractivity (Wildman–Crippen MR) is 54.5 cm³/mol. The fourth-order valence-electron chi connectivity index (χ4n) is 0.950. The van der Waals surface area contributed by atoms with Crippen molar-refractivity contribution in [3.63, 3.8) is 0 Å². The molecule has 1 unspecified atom stereocenters. The summed E-state index contributed by atoms with van der Waals surface area (Å²) < 4.78 is 0. The number of nitrogens with one attached hydrogen (secondary N) is 1. The molecule has 1 rings (SSSR count). The highest BCUT2D eigenvalue weighted by atomic mass is 32.1. The van der Waals surface area contributed by atoms with E-state index in [0.717, 1.165) is 5.56 Å². The van der Waals surface area contributed by atoms with Gasteiger partial charge in [-0.1, -0.05) is 0 Å². The lowest BCUT2D eigenvalue weighted by Crippen LogP contribution is -2.39. The highest BCUT2D eigenvalue weighted by Gasteiger charge is 2.12. The van der Waals surface area contributed by atoms with Crippen molar-refractivity contribution in [3.05, 3.63) is 22.4 Å². The molecule has 0 aliphatic carbocycles. The van der Waals surface area contributed by atoms with Crippen LogP contribution in [0.15, 0.2) is 16.8 Å². The molecule has 4 heteroatoms. The maximum atomic E-state index is 11.2. The van der Waals surface area contributed by atoms with Crippen molar-refractivity contribution in [2.75, 3.05) is 0 Å². The van der Waals surface area contributed by atoms with Gasteiger partial charge >= 0.3 is 0 Å². The SMILES string of the molecule is CC(NC(=O)[C@H](C)N)c1ccsc1. The van der Waals surface area contributed by atoms with Gasteiger partial charge in [-0.3, -0.25) is 4.79 Å². The zero-order valence-electron chi connectivity index (χ0n) is 7.78. The van der Waals surface area contributed by atoms with E-state index in [2.05, 4.69) is 5.32 Å². The Morgan fingerprint density at radius 3 is 2.77 bits per heavy atom. The summed E-state index contributed by atoms with van der Waals surface area (Å²) in [5.74, 6) is -0.112. The van der Waals surface area contributed by atoms with E-state index in [1.54, 1.807) is 18.3 Å². The molecule has 1 heterocycles. The van der Waals surface area contributed by atoms with Gasteiger partial charge < -0.3 is 11.1 Å². The van der Waals surface area contributed by atoms with Crippen LogP contribution in [0.5, 0.6) is 0 Å². The Balaban J connectivity index is 2.51. The molecule has 0 radical (unpaired) electrons. The molecule has 0 saturated carbocycles. The van der Waals surface area contributed by atoms with Crippen LogP contribution in [-0.4, -0.2) is 11.9 Å². The number of carbonyl (C=O) groups excluding carboxylic acids is 1. The van der Waals surface area contributed by atoms with Crippen molar-refractivity contribution >= 4 is 17.2 Å². The first-order valence-corrected chi connectivity index (χ1v) is 5.13. The summed E-state index contributed by atoms with van der Waals surface area (Å²) in [5, 5.41) is 6.83. The fourth-order valence-corrected chi connectivity index (χ4v) is 1.70. The van der Waals surface area contributed by atoms with E-state index in [1.165, 1.54) is 0 Å². The maximum absolute atomic E-state index is 11.2. The molecule has 13 heavy (non-hydrogen) atoms. The van der Waals surface area contributed by atoms with Crippen LogP contribution in [0.1, 0.15) is 25.5 Å². The van der Waals surface area contributed by atoms with E-state index >= 15 is 0 Å². The van der Waals surface area contributed by atoms with Crippen molar-refractivity contribution < 1.29 is 4.79 Å². The van der Waals surface area contributed by atoms with Gasteiger partial charge in [-0.25, -0.2) is 0 Å². The number of hydrogen-bond acceptors (Lipinski definition) is 3. The molecule has 0 aliphatic heterocycles. The highest BCUT2D eigenvalue weighted by Crippen LogP contribution is 2.15. The second-order valence-corrected chi connectivity index (χ2v) is 3.86. The molecule has 0 bridgehead atoms. The summed E-state index contributed by atoms with van der Waals surface area (Å²) in [6.07, 6.45) is 0. The molecular weight excluding hydrogens is 184 g/mol. The first-order valence-electron chi connectivity index (χ1n) is 4.19. The molecule has 2 atom stereocenters. The molecule has 1 aromatic heterocycles. The minimum absolute atomic E-state index is 0.0461. The first kappa shape index (κ1) is 10.2. The molecule has 0 aromatic carbocycles. The van der Waals surface area contributed by atoms with Crippen molar-refractivity contribution in [1.29, 1.82) is 0 Å². The molecule has 1 aromatic rings. The Morgan fingerprint density at radius 2 is 2.31 bits per heavy atom. The van der Waals surface area contributed by atoms with Crippen LogP contribution in [0.2, 0.25) is 0 Å². The monoisotopic (exact) mass is 198 g/mol. The maximum Gasteiger partial charge on any atom is 0.237 e. The lowest BCUT2D eigenvalue weighted by molar-refractivity contribution is -0.122. The topological polar surface area (TPSA) is 55.1 Å². The van der Waals surface area contributed by atoms with Gasteiger partial charge in [0.05, 0.1) is 12.1 Å². The van der Waals surface area contributed by atoms with E-state index in [4.69, 9.17) is 5.73 Å². The average molecular weight is 198 g/mol. The molecule has 1 amide bonds. The van der Waals surface area contributed by atoms with Crippen LogP contribution in [0.4, 0.5) is 0 Å². The van der Waals surface area contributed by atoms with E-state index in [0.29, 0.717) is 0 Å². The fraction of sp³-hybridized carbons (Fsp3) is 0.444. The molecular formula is C9H14N2OS. The van der Waals surface area contributed by atoms with Crippen LogP contribution in [-0.2, 0) is 4.79 Å². The summed E-state index contributed by atoms with van der Waals surface area (Å²) in [7, 11) is 0. The third kappa shape index (κ3) is 2.82. The quantitative estimate of drug-likeness (QED) is 0.768. The standard InChI is InChI=1S/C9H14N2OS/c1-6(10)9(12)11-7(2)8-3-4-13-5-8/h3-7H,10H2,1-2H3,(H,11,12)/t6-,7?/m0/s1. The zero-order chi connectivity index (χ0) is 9.84. The van der Waals surface area contributed by atoms with Crippen molar-refractivity contribution in [2.24, 2.45) is 5.73 Å². The van der Waals surface area contributed by atoms with Crippen LogP contribution in [0.3, 0.4) is 0 Å². The van der Waals surface area contributed by atoms with E-state index in [1.807, 2.05) is 23.8 Å². The molecule has 3 nitrogen and oxygen atoms in total. The van der Waals surface area contributed by atoms with Gasteiger partial charge in [0.2, 0.25) is 5.91 Å². The summed E-state index contributed by atoms with van der Waals surface area (Å²) >= 11 is 1.62. The summed E-state index contributed by atoms with van der Waals surface area (Å²) in [4.78, 5) is 11.2. The van der Waals surface area contributed by atoms with Crippen molar-refractivity contribution in [2.45, 2.75) is 25.9 Å². The van der Waals surface area contributed by atoms with E-state index < -0.39 is 6.04 Å². The third-order valence-electron chi connectivity index (χ3n) is 1.82. The summed E-state index contributed by atoms with van der Waals surface area (Å²) in [6.45, 7) is 3.62. The van der Waals surface area contributed by atoms with Gasteiger partial charge in [0.15, 0.2) is 0 Å². The normalized spacial score (nSPS) is 15.0. The second kappa shape index (κ2) is 4.39. The minimum atomic E-state index is -0.443. The Hall–Kier alpha value is -0.870. The molecule has 3 N–H and O–H groups in total. The Labute approximate surface area is 81.9 Å². The van der Waals surface area contributed by atoms with Gasteiger partial charge in [-0.2, -0.15) is 11.3 Å². The lowest BCUT2D eigenvalue weighted by atomic mass is 10.2. The number of thiophene rings is 1. The molecule has 0 fully saturated rings. The van der Waals surface area contributed by atoms with Gasteiger partial charge in [-0.05, 0) is 36.2 Å². The molecule has 72 valence electrons. The lowest BCUT2D eigenvalue weighted by Gasteiger charge is -2.14. The first-order chi connectivity index (χ1) is 6.11. The number of rotatable bonds is 3. The third-order valence-corrected chi connectivity index (χ3v) is 2.52. The number of nitrogens with two attached hydrogens (primary N) is 1. The van der Waals surface area contributed by atoms with E-state index in [9.17, 15) is 4.79 Å². The van der Waals surface area contributed by atoms with Crippen molar-refractivity contribution in [1.82, 2.24) is 5.32 Å². The number of hydrogen-bond donors (Lipinski definition) is 2. The largest absolute Gasteiger partial charge is 0.348 e. The van der Waals surface area contributed by atoms with Crippen LogP contribution in [0, 0.1) is 0 Å². The Bertz CT molecular complexity index is 269. The number of carbonyl (C=O) groups is 1. The Kier molecular flexibility index (Phi) is 3.45. The van der Waals surface area contributed by atoms with Crippen LogP contribution < -0.4 is 11.1 Å². The number of amides is 1. The van der Waals surface area contributed by atoms with Gasteiger partial charge in [0.1, 0.15) is 0 Å². The van der Waals surface area contributed by atoms with Crippen LogP contribution in [0.25, 0.3) is 0 Å². The van der Waals surface area contributed by atoms with Gasteiger partial charge in [0.25, 0.3) is 0 Å². The zero-order valence-corrected chi connectivity index (χ0v) is 8.60. The second-order valence-electron chi connectivity index (χ2n) is 3.08. The van der Waals surface area contributed by atoms with Gasteiger partial charge in [0, 0.05) is 0 Å². The van der Waals surface area contributed by atoms with Crippen molar-refractivity contribution in [3.8, 4) is 0 Å². The molecule has 0 spiro atoms. The minimum Gasteiger partial charge on any atom is -0.348 e. The smallest absolute Gasteiger partial charge is 0.237 e. The predicted octanol–water partition coefficient (Wildman–Crippen LogP) is 1.27. The Morgan fingerprint density at radius 1 is 1.62 bits per heavy atom. The van der Waals surface area contributed by atoms with Gasteiger partial charge in [-0.15, -0.1) is 0 Å². The molecule has 0 aliphatic rings. The average Bonchev–Trinajstić information content (AvgIpc) is 2.55.